The van der Waals surface area contributed by atoms with Gasteiger partial charge in [0.25, 0.3) is 0 Å². The van der Waals surface area contributed by atoms with Gasteiger partial charge in [0.05, 0.1) is 31.0 Å². The van der Waals surface area contributed by atoms with Gasteiger partial charge in [-0.1, -0.05) is 23.7 Å². The van der Waals surface area contributed by atoms with Crippen molar-refractivity contribution in [1.29, 1.82) is 0 Å². The smallest absolute Gasteiger partial charge is 0.239 e. The maximum atomic E-state index is 12.9. The Morgan fingerprint density at radius 1 is 1.16 bits per heavy atom. The average molecular weight is 367 g/mol. The van der Waals surface area contributed by atoms with Crippen molar-refractivity contribution in [1.82, 2.24) is 9.80 Å². The molecule has 1 aromatic carbocycles. The highest BCUT2D eigenvalue weighted by Gasteiger charge is 2.33. The van der Waals surface area contributed by atoms with Gasteiger partial charge >= 0.3 is 0 Å². The van der Waals surface area contributed by atoms with Crippen LogP contribution < -0.4 is 0 Å². The number of halogens is 1. The van der Waals surface area contributed by atoms with E-state index in [1.807, 2.05) is 49.9 Å². The van der Waals surface area contributed by atoms with Crippen LogP contribution in [0.3, 0.4) is 0 Å². The van der Waals surface area contributed by atoms with Crippen LogP contribution in [0.1, 0.15) is 32.4 Å². The minimum Gasteiger partial charge on any atom is -0.372 e. The highest BCUT2D eigenvalue weighted by atomic mass is 35.5. The number of morpholine rings is 2. The number of ether oxygens (including phenoxy) is 2. The van der Waals surface area contributed by atoms with Crippen LogP contribution in [0.15, 0.2) is 24.3 Å². The molecule has 138 valence electrons. The van der Waals surface area contributed by atoms with E-state index in [9.17, 15) is 4.79 Å². The predicted octanol–water partition coefficient (Wildman–Crippen LogP) is 2.74. The van der Waals surface area contributed by atoms with Crippen molar-refractivity contribution in [2.75, 3.05) is 32.8 Å². The Morgan fingerprint density at radius 2 is 1.80 bits per heavy atom. The van der Waals surface area contributed by atoms with Crippen molar-refractivity contribution in [3.8, 4) is 0 Å². The van der Waals surface area contributed by atoms with Crippen LogP contribution in [-0.4, -0.2) is 66.7 Å². The molecule has 0 saturated carbocycles. The van der Waals surface area contributed by atoms with Gasteiger partial charge in [-0.3, -0.25) is 9.69 Å². The lowest BCUT2D eigenvalue weighted by molar-refractivity contribution is -0.151. The summed E-state index contributed by atoms with van der Waals surface area (Å²) in [6.45, 7) is 9.48. The summed E-state index contributed by atoms with van der Waals surface area (Å²) >= 11 is 5.97. The fourth-order valence-corrected chi connectivity index (χ4v) is 3.80. The summed E-state index contributed by atoms with van der Waals surface area (Å²) in [5.74, 6) is 0.179. The molecule has 5 nitrogen and oxygen atoms in total. The van der Waals surface area contributed by atoms with Gasteiger partial charge in [0.1, 0.15) is 0 Å². The topological polar surface area (TPSA) is 42.0 Å². The van der Waals surface area contributed by atoms with E-state index in [-0.39, 0.29) is 30.3 Å². The lowest BCUT2D eigenvalue weighted by Gasteiger charge is -2.41. The Bertz CT molecular complexity index is 585. The van der Waals surface area contributed by atoms with Gasteiger partial charge in [0, 0.05) is 31.2 Å². The molecule has 0 radical (unpaired) electrons. The first-order valence-corrected chi connectivity index (χ1v) is 9.37. The first kappa shape index (κ1) is 18.6. The van der Waals surface area contributed by atoms with E-state index in [1.165, 1.54) is 0 Å². The molecule has 0 N–H and O–H groups in total. The van der Waals surface area contributed by atoms with E-state index in [2.05, 4.69) is 4.90 Å². The third-order valence-electron chi connectivity index (χ3n) is 4.98. The van der Waals surface area contributed by atoms with Crippen molar-refractivity contribution < 1.29 is 14.3 Å². The normalized spacial score (nSPS) is 29.4. The van der Waals surface area contributed by atoms with Crippen molar-refractivity contribution >= 4 is 17.5 Å². The van der Waals surface area contributed by atoms with E-state index < -0.39 is 0 Å². The average Bonchev–Trinajstić information content (AvgIpc) is 2.60. The molecule has 2 saturated heterocycles. The molecule has 2 aliphatic heterocycles. The third kappa shape index (κ3) is 4.53. The Hall–Kier alpha value is -1.14. The van der Waals surface area contributed by atoms with Crippen LogP contribution >= 0.6 is 11.6 Å². The van der Waals surface area contributed by atoms with Gasteiger partial charge in [0.2, 0.25) is 5.91 Å². The lowest BCUT2D eigenvalue weighted by atomic mass is 10.1. The van der Waals surface area contributed by atoms with Crippen LogP contribution in [0, 0.1) is 0 Å². The molecule has 2 heterocycles. The molecule has 2 fully saturated rings. The number of carbonyl (C=O) groups is 1. The second kappa shape index (κ2) is 8.04. The summed E-state index contributed by atoms with van der Waals surface area (Å²) < 4.78 is 11.7. The standard InChI is InChI=1S/C19H27ClN2O3/c1-13-10-22(11-14(2)25-13)19(23)15(3)21-8-9-24-18(12-21)16-4-6-17(20)7-5-16/h4-7,13-15,18H,8-12H2,1-3H3/t13-,14+,15-,18-/m1/s1. The molecule has 0 aromatic heterocycles. The number of carbonyl (C=O) groups excluding carboxylic acids is 1. The van der Waals surface area contributed by atoms with Gasteiger partial charge in [0.15, 0.2) is 0 Å². The Morgan fingerprint density at radius 3 is 2.44 bits per heavy atom. The molecular weight excluding hydrogens is 340 g/mol. The molecule has 6 heteroatoms. The largest absolute Gasteiger partial charge is 0.372 e. The molecule has 4 atom stereocenters. The molecule has 0 aliphatic carbocycles. The van der Waals surface area contributed by atoms with Crippen LogP contribution in [0.25, 0.3) is 0 Å². The van der Waals surface area contributed by atoms with Crippen molar-refractivity contribution in [2.24, 2.45) is 0 Å². The summed E-state index contributed by atoms with van der Waals surface area (Å²) in [6, 6.07) is 7.59. The summed E-state index contributed by atoms with van der Waals surface area (Å²) in [7, 11) is 0. The summed E-state index contributed by atoms with van der Waals surface area (Å²) in [5.41, 5.74) is 1.10. The molecule has 2 aliphatic rings. The maximum absolute atomic E-state index is 12.9. The van der Waals surface area contributed by atoms with Crippen molar-refractivity contribution in [2.45, 2.75) is 45.1 Å². The summed E-state index contributed by atoms with van der Waals surface area (Å²) in [5, 5.41) is 0.718. The number of rotatable bonds is 3. The first-order valence-electron chi connectivity index (χ1n) is 8.99. The summed E-state index contributed by atoms with van der Waals surface area (Å²) in [6.07, 6.45) is 0.154. The SMILES string of the molecule is C[C@@H]1CN(C(=O)[C@@H](C)N2CCO[C@@H](c3ccc(Cl)cc3)C2)C[C@H](C)O1. The predicted molar refractivity (Wildman–Crippen MR) is 97.8 cm³/mol. The van der Waals surface area contributed by atoms with E-state index in [1.54, 1.807) is 0 Å². The fourth-order valence-electron chi connectivity index (χ4n) is 3.68. The fraction of sp³-hybridized carbons (Fsp3) is 0.632. The Kier molecular flexibility index (Phi) is 6.00. The van der Waals surface area contributed by atoms with Gasteiger partial charge in [-0.15, -0.1) is 0 Å². The first-order chi connectivity index (χ1) is 11.9. The van der Waals surface area contributed by atoms with Crippen molar-refractivity contribution in [3.63, 3.8) is 0 Å². The van der Waals surface area contributed by atoms with Gasteiger partial charge in [-0.25, -0.2) is 0 Å². The number of hydrogen-bond acceptors (Lipinski definition) is 4. The number of benzene rings is 1. The highest BCUT2D eigenvalue weighted by Crippen LogP contribution is 2.25. The minimum atomic E-state index is -0.156. The van der Waals surface area contributed by atoms with Gasteiger partial charge in [-0.05, 0) is 38.5 Å². The zero-order valence-corrected chi connectivity index (χ0v) is 15.9. The van der Waals surface area contributed by atoms with E-state index in [0.717, 1.165) is 17.1 Å². The molecule has 25 heavy (non-hydrogen) atoms. The Balaban J connectivity index is 1.64. The van der Waals surface area contributed by atoms with E-state index >= 15 is 0 Å². The molecule has 3 rings (SSSR count). The van der Waals surface area contributed by atoms with Crippen LogP contribution in [-0.2, 0) is 14.3 Å². The lowest BCUT2D eigenvalue weighted by Crippen LogP contribution is -2.56. The monoisotopic (exact) mass is 366 g/mol. The summed E-state index contributed by atoms with van der Waals surface area (Å²) in [4.78, 5) is 17.1. The molecule has 1 aromatic rings. The van der Waals surface area contributed by atoms with Crippen LogP contribution in [0.2, 0.25) is 5.02 Å². The molecule has 0 unspecified atom stereocenters. The third-order valence-corrected chi connectivity index (χ3v) is 5.23. The number of hydrogen-bond donors (Lipinski definition) is 0. The van der Waals surface area contributed by atoms with Crippen LogP contribution in [0.5, 0.6) is 0 Å². The molecule has 0 bridgehead atoms. The van der Waals surface area contributed by atoms with Crippen molar-refractivity contribution in [3.05, 3.63) is 34.9 Å². The van der Waals surface area contributed by atoms with Crippen LogP contribution in [0.4, 0.5) is 0 Å². The molecular formula is C19H27ClN2O3. The molecule has 0 spiro atoms. The quantitative estimate of drug-likeness (QED) is 0.825. The molecule has 1 amide bonds. The minimum absolute atomic E-state index is 0.0243. The van der Waals surface area contributed by atoms with E-state index in [4.69, 9.17) is 21.1 Å². The second-order valence-electron chi connectivity index (χ2n) is 7.08. The highest BCUT2D eigenvalue weighted by molar-refractivity contribution is 6.30. The zero-order valence-electron chi connectivity index (χ0n) is 15.2. The Labute approximate surface area is 154 Å². The van der Waals surface area contributed by atoms with Gasteiger partial charge < -0.3 is 14.4 Å². The maximum Gasteiger partial charge on any atom is 0.239 e. The van der Waals surface area contributed by atoms with Gasteiger partial charge in [-0.2, -0.15) is 0 Å². The zero-order chi connectivity index (χ0) is 18.0. The number of amides is 1. The van der Waals surface area contributed by atoms with E-state index in [0.29, 0.717) is 26.2 Å². The second-order valence-corrected chi connectivity index (χ2v) is 7.52. The number of nitrogens with zero attached hydrogens (tertiary/aromatic N) is 2.